The van der Waals surface area contributed by atoms with Gasteiger partial charge in [-0.3, -0.25) is 4.99 Å². The lowest BCUT2D eigenvalue weighted by Crippen LogP contribution is -2.65. The molecule has 9 heteroatoms. The Hall–Kier alpha value is -0.130. The molecule has 2 unspecified atom stereocenters. The van der Waals surface area contributed by atoms with Crippen LogP contribution in [0.15, 0.2) is 4.99 Å². The van der Waals surface area contributed by atoms with Crippen LogP contribution in [0.25, 0.3) is 0 Å². The van der Waals surface area contributed by atoms with Crippen molar-refractivity contribution in [2.75, 3.05) is 32.5 Å². The predicted octanol–water partition coefficient (Wildman–Crippen LogP) is 2.08. The summed E-state index contributed by atoms with van der Waals surface area (Å²) in [4.78, 5) is 4.29. The van der Waals surface area contributed by atoms with Gasteiger partial charge in [-0.15, -0.1) is 24.0 Å². The molecule has 0 amide bonds. The van der Waals surface area contributed by atoms with E-state index in [4.69, 9.17) is 4.74 Å². The van der Waals surface area contributed by atoms with Gasteiger partial charge in [0, 0.05) is 38.2 Å². The van der Waals surface area contributed by atoms with Crippen molar-refractivity contribution in [3.63, 3.8) is 0 Å². The summed E-state index contributed by atoms with van der Waals surface area (Å²) in [6.07, 6.45) is 4.15. The van der Waals surface area contributed by atoms with E-state index in [0.717, 1.165) is 31.8 Å². The van der Waals surface area contributed by atoms with E-state index in [1.54, 1.807) is 14.0 Å². The van der Waals surface area contributed by atoms with E-state index in [9.17, 15) is 8.42 Å². The molecule has 3 N–H and O–H groups in total. The second-order valence-corrected chi connectivity index (χ2v) is 8.56. The lowest BCUT2D eigenvalue weighted by atomic mass is 9.58. The highest BCUT2D eigenvalue weighted by molar-refractivity contribution is 14.0. The molecule has 0 aromatic heterocycles. The highest BCUT2D eigenvalue weighted by Crippen LogP contribution is 2.48. The lowest BCUT2D eigenvalue weighted by Gasteiger charge is -2.55. The Morgan fingerprint density at radius 1 is 1.19 bits per heavy atom. The Balaban J connectivity index is 0.00000625. The molecule has 1 fully saturated rings. The quantitative estimate of drug-likeness (QED) is 0.174. The fraction of sp³-hybridized carbons (Fsp3) is 0.941. The Morgan fingerprint density at radius 2 is 1.85 bits per heavy atom. The van der Waals surface area contributed by atoms with Crippen molar-refractivity contribution in [2.45, 2.75) is 65.5 Å². The van der Waals surface area contributed by atoms with Crippen molar-refractivity contribution < 1.29 is 13.2 Å². The number of nitrogens with one attached hydrogen (secondary N) is 3. The van der Waals surface area contributed by atoms with Crippen LogP contribution in [-0.4, -0.2) is 59.0 Å². The first-order chi connectivity index (χ1) is 11.9. The molecule has 1 aliphatic carbocycles. The highest BCUT2D eigenvalue weighted by Gasteiger charge is 2.53. The number of aliphatic imine (C=N–C) groups is 1. The third-order valence-electron chi connectivity index (χ3n) is 5.35. The third kappa shape index (κ3) is 6.79. The van der Waals surface area contributed by atoms with Gasteiger partial charge in [-0.05, 0) is 39.5 Å². The monoisotopic (exact) mass is 504 g/mol. The van der Waals surface area contributed by atoms with E-state index in [2.05, 4.69) is 34.2 Å². The van der Waals surface area contributed by atoms with Crippen LogP contribution in [0.3, 0.4) is 0 Å². The summed E-state index contributed by atoms with van der Waals surface area (Å²) in [5.41, 5.74) is 0.157. The number of nitrogens with zero attached hydrogens (tertiary/aromatic N) is 1. The molecule has 7 nitrogen and oxygen atoms in total. The smallest absolute Gasteiger partial charge is 0.211 e. The standard InChI is InChI=1S/C17H36N4O3S.HI/c1-6-17(7-2)14(13-15(17)24-8-3)21-16(18-5)19-11-10-12-20-25(22,23)9-4;/h14-15,20H,6-13H2,1-5H3,(H2,18,19,21);1H. The number of hydrogen-bond acceptors (Lipinski definition) is 4. The van der Waals surface area contributed by atoms with Crippen molar-refractivity contribution in [3.8, 4) is 0 Å². The van der Waals surface area contributed by atoms with Gasteiger partial charge in [-0.1, -0.05) is 13.8 Å². The Labute approximate surface area is 176 Å². The van der Waals surface area contributed by atoms with E-state index in [0.29, 0.717) is 31.7 Å². The summed E-state index contributed by atoms with van der Waals surface area (Å²) in [6.45, 7) is 9.97. The van der Waals surface area contributed by atoms with Crippen molar-refractivity contribution >= 4 is 40.0 Å². The SMILES string of the molecule is CCOC1CC(NC(=NC)NCCCNS(=O)(=O)CC)C1(CC)CC.I. The van der Waals surface area contributed by atoms with Gasteiger partial charge in [0.05, 0.1) is 11.9 Å². The first kappa shape index (κ1) is 25.9. The van der Waals surface area contributed by atoms with Gasteiger partial charge in [0.1, 0.15) is 0 Å². The van der Waals surface area contributed by atoms with Crippen LogP contribution in [0.4, 0.5) is 0 Å². The van der Waals surface area contributed by atoms with E-state index >= 15 is 0 Å². The van der Waals surface area contributed by atoms with Crippen LogP contribution in [0.5, 0.6) is 0 Å². The molecule has 156 valence electrons. The lowest BCUT2D eigenvalue weighted by molar-refractivity contribution is -0.133. The van der Waals surface area contributed by atoms with Crippen LogP contribution in [0.2, 0.25) is 0 Å². The highest BCUT2D eigenvalue weighted by atomic mass is 127. The van der Waals surface area contributed by atoms with Crippen LogP contribution in [0.1, 0.15) is 53.4 Å². The van der Waals surface area contributed by atoms with E-state index in [-0.39, 0.29) is 35.1 Å². The van der Waals surface area contributed by atoms with Gasteiger partial charge in [0.25, 0.3) is 0 Å². The summed E-state index contributed by atoms with van der Waals surface area (Å²) >= 11 is 0. The maximum atomic E-state index is 11.4. The molecule has 1 aliphatic rings. The maximum Gasteiger partial charge on any atom is 0.211 e. The van der Waals surface area contributed by atoms with Crippen LogP contribution < -0.4 is 15.4 Å². The van der Waals surface area contributed by atoms with Gasteiger partial charge in [-0.25, -0.2) is 13.1 Å². The molecule has 1 rings (SSSR count). The minimum atomic E-state index is -3.11. The molecule has 0 aliphatic heterocycles. The topological polar surface area (TPSA) is 91.8 Å². The molecule has 0 saturated heterocycles. The Morgan fingerprint density at radius 3 is 2.35 bits per heavy atom. The fourth-order valence-electron chi connectivity index (χ4n) is 3.57. The minimum Gasteiger partial charge on any atom is -0.378 e. The number of halogens is 1. The second-order valence-electron chi connectivity index (χ2n) is 6.47. The number of rotatable bonds is 11. The Kier molecular flexibility index (Phi) is 12.3. The zero-order chi connectivity index (χ0) is 18.9. The van der Waals surface area contributed by atoms with Crippen molar-refractivity contribution in [2.24, 2.45) is 10.4 Å². The second kappa shape index (κ2) is 12.4. The minimum absolute atomic E-state index is 0. The van der Waals surface area contributed by atoms with Gasteiger partial charge < -0.3 is 15.4 Å². The number of hydrogen-bond donors (Lipinski definition) is 3. The Bertz CT molecular complexity index is 524. The normalized spacial score (nSPS) is 22.3. The summed E-state index contributed by atoms with van der Waals surface area (Å²) in [5.74, 6) is 0.882. The van der Waals surface area contributed by atoms with E-state index in [1.807, 2.05) is 6.92 Å². The van der Waals surface area contributed by atoms with Crippen molar-refractivity contribution in [1.82, 2.24) is 15.4 Å². The molecule has 1 saturated carbocycles. The van der Waals surface area contributed by atoms with Crippen LogP contribution >= 0.6 is 24.0 Å². The average Bonchev–Trinajstić information content (AvgIpc) is 2.60. The zero-order valence-corrected chi connectivity index (χ0v) is 19.9. The molecule has 2 atom stereocenters. The summed E-state index contributed by atoms with van der Waals surface area (Å²) in [6, 6.07) is 0.351. The summed E-state index contributed by atoms with van der Waals surface area (Å²) in [7, 11) is -1.35. The summed E-state index contributed by atoms with van der Waals surface area (Å²) < 4.78 is 31.3. The predicted molar refractivity (Wildman–Crippen MR) is 119 cm³/mol. The molecule has 26 heavy (non-hydrogen) atoms. The molecule has 0 aromatic rings. The molecule has 0 bridgehead atoms. The van der Waals surface area contributed by atoms with Crippen LogP contribution in [0, 0.1) is 5.41 Å². The zero-order valence-electron chi connectivity index (χ0n) is 16.8. The summed E-state index contributed by atoms with van der Waals surface area (Å²) in [5, 5.41) is 6.79. The average molecular weight is 504 g/mol. The van der Waals surface area contributed by atoms with Crippen LogP contribution in [-0.2, 0) is 14.8 Å². The molecule has 0 radical (unpaired) electrons. The maximum absolute atomic E-state index is 11.4. The molecule has 0 aromatic carbocycles. The first-order valence-corrected chi connectivity index (χ1v) is 11.1. The van der Waals surface area contributed by atoms with Gasteiger partial charge in [0.2, 0.25) is 10.0 Å². The number of ether oxygens (including phenoxy) is 1. The first-order valence-electron chi connectivity index (χ1n) is 9.45. The molecular weight excluding hydrogens is 467 g/mol. The molecular formula is C17H37IN4O3S. The van der Waals surface area contributed by atoms with E-state index < -0.39 is 10.0 Å². The van der Waals surface area contributed by atoms with Gasteiger partial charge in [0.15, 0.2) is 5.96 Å². The molecule has 0 spiro atoms. The van der Waals surface area contributed by atoms with Crippen molar-refractivity contribution in [3.05, 3.63) is 0 Å². The fourth-order valence-corrected chi connectivity index (χ4v) is 4.23. The number of guanidine groups is 1. The van der Waals surface area contributed by atoms with Gasteiger partial charge >= 0.3 is 0 Å². The number of sulfonamides is 1. The van der Waals surface area contributed by atoms with E-state index in [1.165, 1.54) is 0 Å². The largest absolute Gasteiger partial charge is 0.378 e. The molecule has 0 heterocycles. The van der Waals surface area contributed by atoms with Crippen molar-refractivity contribution in [1.29, 1.82) is 0 Å². The third-order valence-corrected chi connectivity index (χ3v) is 6.76. The van der Waals surface area contributed by atoms with Gasteiger partial charge in [-0.2, -0.15) is 0 Å².